The molecule has 0 aromatic heterocycles. The number of methoxy groups -OCH3 is 1. The number of amides is 1. The summed E-state index contributed by atoms with van der Waals surface area (Å²) in [5, 5.41) is 2.89. The molecule has 1 fully saturated rings. The Balaban J connectivity index is 2.29. The molecule has 6 nitrogen and oxygen atoms in total. The average Bonchev–Trinajstić information content (AvgIpc) is 2.75. The van der Waals surface area contributed by atoms with Gasteiger partial charge in [-0.2, -0.15) is 0 Å². The third-order valence-electron chi connectivity index (χ3n) is 4.74. The van der Waals surface area contributed by atoms with Crippen LogP contribution in [0.4, 0.5) is 0 Å². The predicted molar refractivity (Wildman–Crippen MR) is 102 cm³/mol. The molecule has 0 unspecified atom stereocenters. The van der Waals surface area contributed by atoms with Crippen molar-refractivity contribution in [1.82, 2.24) is 5.32 Å². The van der Waals surface area contributed by atoms with Gasteiger partial charge in [0.15, 0.2) is 0 Å². The van der Waals surface area contributed by atoms with Crippen LogP contribution >= 0.6 is 0 Å². The second kappa shape index (κ2) is 7.98. The van der Waals surface area contributed by atoms with Crippen molar-refractivity contribution in [2.45, 2.75) is 58.8 Å². The minimum atomic E-state index is -0.507. The van der Waals surface area contributed by atoms with Crippen LogP contribution in [0.3, 0.4) is 0 Å². The van der Waals surface area contributed by atoms with Gasteiger partial charge < -0.3 is 24.1 Å². The molecule has 0 spiro atoms. The Morgan fingerprint density at radius 2 is 1.77 bits per heavy atom. The minimum absolute atomic E-state index is 0.0390. The molecule has 1 amide bonds. The highest BCUT2D eigenvalue weighted by atomic mass is 16.7. The standard InChI is InChI=1S/C19H30BNO5/c1-13(2)21-17(22)15-9-8-14(12-16(15)24-11-10-23-7)20-25-18(3,4)19(5,6)26-20/h8-9,12-13H,10-11H2,1-7H3,(H,21,22). The molecule has 1 heterocycles. The molecular weight excluding hydrogens is 333 g/mol. The second-order valence-electron chi connectivity index (χ2n) is 7.81. The quantitative estimate of drug-likeness (QED) is 0.594. The Labute approximate surface area is 156 Å². The van der Waals surface area contributed by atoms with Crippen LogP contribution in [0.1, 0.15) is 51.9 Å². The number of hydrogen-bond donors (Lipinski definition) is 1. The van der Waals surface area contributed by atoms with E-state index in [4.69, 9.17) is 18.8 Å². The molecule has 1 aromatic rings. The third-order valence-corrected chi connectivity index (χ3v) is 4.74. The van der Waals surface area contributed by atoms with Gasteiger partial charge in [0, 0.05) is 13.2 Å². The number of rotatable bonds is 7. The molecular formula is C19H30BNO5. The van der Waals surface area contributed by atoms with Gasteiger partial charge in [0.2, 0.25) is 0 Å². The van der Waals surface area contributed by atoms with Crippen LogP contribution in [0.25, 0.3) is 0 Å². The smallest absolute Gasteiger partial charge is 0.490 e. The van der Waals surface area contributed by atoms with E-state index in [1.807, 2.05) is 53.7 Å². The Hall–Kier alpha value is -1.57. The van der Waals surface area contributed by atoms with Crippen LogP contribution < -0.4 is 15.5 Å². The van der Waals surface area contributed by atoms with Crippen LogP contribution in [0.15, 0.2) is 18.2 Å². The van der Waals surface area contributed by atoms with Gasteiger partial charge >= 0.3 is 7.12 Å². The van der Waals surface area contributed by atoms with Crippen LogP contribution in [0.5, 0.6) is 5.75 Å². The summed E-state index contributed by atoms with van der Waals surface area (Å²) < 4.78 is 23.0. The summed E-state index contributed by atoms with van der Waals surface area (Å²) in [6.45, 7) is 12.7. The second-order valence-corrected chi connectivity index (χ2v) is 7.81. The van der Waals surface area contributed by atoms with Crippen LogP contribution in [-0.2, 0) is 14.0 Å². The Kier molecular flexibility index (Phi) is 6.37. The van der Waals surface area contributed by atoms with Crippen molar-refractivity contribution in [2.24, 2.45) is 0 Å². The van der Waals surface area contributed by atoms with E-state index >= 15 is 0 Å². The first-order valence-electron chi connectivity index (χ1n) is 8.99. The monoisotopic (exact) mass is 363 g/mol. The van der Waals surface area contributed by atoms with Gasteiger partial charge in [0.25, 0.3) is 5.91 Å². The number of nitrogens with one attached hydrogen (secondary N) is 1. The summed E-state index contributed by atoms with van der Waals surface area (Å²) in [5.41, 5.74) is 0.442. The summed E-state index contributed by atoms with van der Waals surface area (Å²) in [5.74, 6) is 0.320. The lowest BCUT2D eigenvalue weighted by Crippen LogP contribution is -2.41. The number of ether oxygens (including phenoxy) is 2. The topological polar surface area (TPSA) is 66.0 Å². The number of hydrogen-bond acceptors (Lipinski definition) is 5. The normalized spacial score (nSPS) is 18.2. The first kappa shape index (κ1) is 20.7. The van der Waals surface area contributed by atoms with E-state index in [0.717, 1.165) is 5.46 Å². The Morgan fingerprint density at radius 3 is 2.31 bits per heavy atom. The van der Waals surface area contributed by atoms with Gasteiger partial charge in [0.1, 0.15) is 12.4 Å². The van der Waals surface area contributed by atoms with Crippen molar-refractivity contribution in [3.8, 4) is 5.75 Å². The lowest BCUT2D eigenvalue weighted by atomic mass is 9.78. The van der Waals surface area contributed by atoms with Gasteiger partial charge in [0.05, 0.1) is 23.4 Å². The van der Waals surface area contributed by atoms with E-state index in [2.05, 4.69) is 5.32 Å². The summed E-state index contributed by atoms with van der Waals surface area (Å²) in [4.78, 5) is 12.5. The minimum Gasteiger partial charge on any atom is -0.490 e. The fraction of sp³-hybridized carbons (Fsp3) is 0.632. The van der Waals surface area contributed by atoms with Gasteiger partial charge in [-0.15, -0.1) is 0 Å². The maximum atomic E-state index is 12.5. The molecule has 0 atom stereocenters. The molecule has 144 valence electrons. The maximum absolute atomic E-state index is 12.5. The highest BCUT2D eigenvalue weighted by Gasteiger charge is 2.51. The zero-order valence-electron chi connectivity index (χ0n) is 16.8. The van der Waals surface area contributed by atoms with Crippen molar-refractivity contribution in [1.29, 1.82) is 0 Å². The van der Waals surface area contributed by atoms with Gasteiger partial charge in [-0.25, -0.2) is 0 Å². The van der Waals surface area contributed by atoms with Gasteiger partial charge in [-0.05, 0) is 59.1 Å². The first-order valence-corrected chi connectivity index (χ1v) is 8.99. The zero-order valence-corrected chi connectivity index (χ0v) is 16.8. The predicted octanol–water partition coefficient (Wildman–Crippen LogP) is 2.15. The highest BCUT2D eigenvalue weighted by molar-refractivity contribution is 6.62. The molecule has 1 aliphatic heterocycles. The molecule has 26 heavy (non-hydrogen) atoms. The van der Waals surface area contributed by atoms with Crippen LogP contribution in [-0.4, -0.2) is 50.6 Å². The molecule has 0 radical (unpaired) electrons. The van der Waals surface area contributed by atoms with E-state index in [-0.39, 0.29) is 11.9 Å². The van der Waals surface area contributed by atoms with Gasteiger partial charge in [-0.3, -0.25) is 4.79 Å². The number of carbonyl (C=O) groups is 1. The zero-order chi connectivity index (χ0) is 19.5. The molecule has 7 heteroatoms. The first-order chi connectivity index (χ1) is 12.1. The number of carbonyl (C=O) groups excluding carboxylic acids is 1. The van der Waals surface area contributed by atoms with E-state index in [9.17, 15) is 4.79 Å². The van der Waals surface area contributed by atoms with E-state index < -0.39 is 18.3 Å². The van der Waals surface area contributed by atoms with Crippen molar-refractivity contribution in [2.75, 3.05) is 20.3 Å². The maximum Gasteiger partial charge on any atom is 0.494 e. The molecule has 0 aliphatic carbocycles. The molecule has 1 saturated heterocycles. The summed E-state index contributed by atoms with van der Waals surface area (Å²) in [6.07, 6.45) is 0. The molecule has 0 saturated carbocycles. The number of benzene rings is 1. The van der Waals surface area contributed by atoms with Crippen molar-refractivity contribution < 1.29 is 23.6 Å². The van der Waals surface area contributed by atoms with E-state index in [1.165, 1.54) is 0 Å². The fourth-order valence-corrected chi connectivity index (χ4v) is 2.55. The Morgan fingerprint density at radius 1 is 1.15 bits per heavy atom. The van der Waals surface area contributed by atoms with E-state index in [1.54, 1.807) is 13.2 Å². The lowest BCUT2D eigenvalue weighted by molar-refractivity contribution is 0.00578. The van der Waals surface area contributed by atoms with Crippen LogP contribution in [0.2, 0.25) is 0 Å². The largest absolute Gasteiger partial charge is 0.494 e. The van der Waals surface area contributed by atoms with E-state index in [0.29, 0.717) is 24.5 Å². The molecule has 0 bridgehead atoms. The SMILES string of the molecule is COCCOc1cc(B2OC(C)(C)C(C)(C)O2)ccc1C(=O)NC(C)C. The van der Waals surface area contributed by atoms with Gasteiger partial charge in [-0.1, -0.05) is 6.07 Å². The Bertz CT molecular complexity index is 629. The third kappa shape index (κ3) is 4.58. The summed E-state index contributed by atoms with van der Waals surface area (Å²) in [7, 11) is 1.10. The molecule has 2 rings (SSSR count). The van der Waals surface area contributed by atoms with Crippen molar-refractivity contribution >= 4 is 18.5 Å². The van der Waals surface area contributed by atoms with Crippen molar-refractivity contribution in [3.05, 3.63) is 23.8 Å². The average molecular weight is 363 g/mol. The summed E-state index contributed by atoms with van der Waals surface area (Å²) in [6, 6.07) is 5.45. The molecule has 1 N–H and O–H groups in total. The summed E-state index contributed by atoms with van der Waals surface area (Å²) >= 11 is 0. The molecule has 1 aliphatic rings. The fourth-order valence-electron chi connectivity index (χ4n) is 2.55. The molecule has 1 aromatic carbocycles. The van der Waals surface area contributed by atoms with Crippen LogP contribution in [0, 0.1) is 0 Å². The lowest BCUT2D eigenvalue weighted by Gasteiger charge is -2.32. The van der Waals surface area contributed by atoms with Crippen molar-refractivity contribution in [3.63, 3.8) is 0 Å². The highest BCUT2D eigenvalue weighted by Crippen LogP contribution is 2.36.